The van der Waals surface area contributed by atoms with Crippen molar-refractivity contribution in [1.82, 2.24) is 4.90 Å². The Morgan fingerprint density at radius 3 is 2.38 bits per heavy atom. The molecular formula is C13H23NOS. The topological polar surface area (TPSA) is 23.5 Å². The maximum Gasteiger partial charge on any atom is 0.0978 e. The summed E-state index contributed by atoms with van der Waals surface area (Å²) in [4.78, 5) is 2.34. The van der Waals surface area contributed by atoms with E-state index >= 15 is 0 Å². The van der Waals surface area contributed by atoms with Crippen LogP contribution in [0.3, 0.4) is 0 Å². The summed E-state index contributed by atoms with van der Waals surface area (Å²) in [6.07, 6.45) is 0.551. The van der Waals surface area contributed by atoms with Crippen LogP contribution in [0, 0.1) is 0 Å². The van der Waals surface area contributed by atoms with E-state index in [-0.39, 0.29) is 5.54 Å². The van der Waals surface area contributed by atoms with Gasteiger partial charge in [0, 0.05) is 5.54 Å². The molecule has 1 N–H and O–H groups in total. The van der Waals surface area contributed by atoms with Crippen LogP contribution >= 0.6 is 11.3 Å². The summed E-state index contributed by atoms with van der Waals surface area (Å²) in [5, 5.41) is 14.6. The van der Waals surface area contributed by atoms with Gasteiger partial charge in [0.15, 0.2) is 0 Å². The van der Waals surface area contributed by atoms with Crippen LogP contribution in [-0.2, 0) is 0 Å². The third-order valence-corrected chi connectivity index (χ3v) is 4.35. The van der Waals surface area contributed by atoms with Crippen LogP contribution in [0.25, 0.3) is 0 Å². The standard InChI is InChI=1S/C13H23NOS/c1-5-13(4,14(6-2)7-3)12(15)11-8-9-16-10-11/h8-10,12,15H,5-7H2,1-4H3. The first-order valence-electron chi connectivity index (χ1n) is 6.05. The summed E-state index contributed by atoms with van der Waals surface area (Å²) in [6.45, 7) is 10.6. The van der Waals surface area contributed by atoms with Crippen molar-refractivity contribution >= 4 is 11.3 Å². The number of nitrogens with zero attached hydrogens (tertiary/aromatic N) is 1. The highest BCUT2D eigenvalue weighted by molar-refractivity contribution is 7.07. The third-order valence-electron chi connectivity index (χ3n) is 3.65. The van der Waals surface area contributed by atoms with E-state index in [1.807, 2.05) is 16.8 Å². The minimum Gasteiger partial charge on any atom is -0.386 e. The lowest BCUT2D eigenvalue weighted by atomic mass is 9.86. The predicted octanol–water partition coefficient (Wildman–Crippen LogP) is 3.29. The van der Waals surface area contributed by atoms with E-state index in [4.69, 9.17) is 0 Å². The summed E-state index contributed by atoms with van der Waals surface area (Å²) in [7, 11) is 0. The summed E-state index contributed by atoms with van der Waals surface area (Å²) in [6, 6.07) is 2.02. The first-order chi connectivity index (χ1) is 7.60. The van der Waals surface area contributed by atoms with Gasteiger partial charge in [-0.15, -0.1) is 0 Å². The second-order valence-corrected chi connectivity index (χ2v) is 5.12. The van der Waals surface area contributed by atoms with E-state index in [0.717, 1.165) is 25.1 Å². The Balaban J connectivity index is 2.95. The molecule has 0 spiro atoms. The molecule has 3 heteroatoms. The fraction of sp³-hybridized carbons (Fsp3) is 0.692. The molecule has 0 saturated carbocycles. The number of aliphatic hydroxyl groups is 1. The molecule has 1 aromatic heterocycles. The van der Waals surface area contributed by atoms with Crippen molar-refractivity contribution < 1.29 is 5.11 Å². The SMILES string of the molecule is CCN(CC)C(C)(CC)C(O)c1ccsc1. The van der Waals surface area contributed by atoms with Crippen molar-refractivity contribution in [3.8, 4) is 0 Å². The summed E-state index contributed by atoms with van der Waals surface area (Å²) in [5.41, 5.74) is 0.881. The van der Waals surface area contributed by atoms with Gasteiger partial charge in [-0.05, 0) is 48.8 Å². The molecule has 1 aromatic rings. The van der Waals surface area contributed by atoms with Crippen LogP contribution in [0.5, 0.6) is 0 Å². The minimum absolute atomic E-state index is 0.162. The lowest BCUT2D eigenvalue weighted by molar-refractivity contribution is -0.0211. The number of thiophene rings is 1. The lowest BCUT2D eigenvalue weighted by Gasteiger charge is -2.43. The van der Waals surface area contributed by atoms with Crippen molar-refractivity contribution in [1.29, 1.82) is 0 Å². The third kappa shape index (κ3) is 2.47. The average molecular weight is 241 g/mol. The van der Waals surface area contributed by atoms with Gasteiger partial charge in [0.25, 0.3) is 0 Å². The average Bonchev–Trinajstić information content (AvgIpc) is 2.82. The molecule has 0 radical (unpaired) electrons. The van der Waals surface area contributed by atoms with Crippen molar-refractivity contribution in [2.45, 2.75) is 45.8 Å². The van der Waals surface area contributed by atoms with E-state index in [0.29, 0.717) is 0 Å². The molecular weight excluding hydrogens is 218 g/mol. The molecule has 92 valence electrons. The second-order valence-electron chi connectivity index (χ2n) is 4.34. The van der Waals surface area contributed by atoms with Crippen molar-refractivity contribution in [3.05, 3.63) is 22.4 Å². The molecule has 0 saturated heterocycles. The first kappa shape index (κ1) is 13.7. The van der Waals surface area contributed by atoms with E-state index in [1.165, 1.54) is 0 Å². The largest absolute Gasteiger partial charge is 0.386 e. The van der Waals surface area contributed by atoms with Gasteiger partial charge < -0.3 is 5.11 Å². The molecule has 0 fully saturated rings. The predicted molar refractivity (Wildman–Crippen MR) is 70.9 cm³/mol. The zero-order valence-corrected chi connectivity index (χ0v) is 11.5. The molecule has 0 aliphatic rings. The fourth-order valence-electron chi connectivity index (χ4n) is 2.33. The first-order valence-corrected chi connectivity index (χ1v) is 6.99. The molecule has 1 rings (SSSR count). The van der Waals surface area contributed by atoms with E-state index < -0.39 is 6.10 Å². The monoisotopic (exact) mass is 241 g/mol. The van der Waals surface area contributed by atoms with E-state index in [9.17, 15) is 5.11 Å². The number of likely N-dealkylation sites (N-methyl/N-ethyl adjacent to an activating group) is 1. The Morgan fingerprint density at radius 2 is 2.00 bits per heavy atom. The van der Waals surface area contributed by atoms with Gasteiger partial charge in [0.1, 0.15) is 0 Å². The normalized spacial score (nSPS) is 17.4. The molecule has 0 aliphatic heterocycles. The van der Waals surface area contributed by atoms with Gasteiger partial charge >= 0.3 is 0 Å². The quantitative estimate of drug-likeness (QED) is 0.826. The highest BCUT2D eigenvalue weighted by Gasteiger charge is 2.36. The fourth-order valence-corrected chi connectivity index (χ4v) is 3.00. The Labute approximate surface area is 103 Å². The van der Waals surface area contributed by atoms with E-state index in [2.05, 4.69) is 32.6 Å². The van der Waals surface area contributed by atoms with Gasteiger partial charge in [-0.2, -0.15) is 11.3 Å². The Kier molecular flexibility index (Phi) is 4.96. The van der Waals surface area contributed by atoms with E-state index in [1.54, 1.807) is 11.3 Å². The zero-order valence-electron chi connectivity index (χ0n) is 10.7. The molecule has 16 heavy (non-hydrogen) atoms. The molecule has 0 aromatic carbocycles. The smallest absolute Gasteiger partial charge is 0.0978 e. The number of rotatable bonds is 6. The summed E-state index contributed by atoms with van der Waals surface area (Å²) < 4.78 is 0. The maximum absolute atomic E-state index is 10.5. The molecule has 0 amide bonds. The maximum atomic E-state index is 10.5. The minimum atomic E-state index is -0.399. The highest BCUT2D eigenvalue weighted by atomic mass is 32.1. The van der Waals surface area contributed by atoms with Crippen LogP contribution in [0.15, 0.2) is 16.8 Å². The molecule has 2 unspecified atom stereocenters. The van der Waals surface area contributed by atoms with Gasteiger partial charge in [-0.3, -0.25) is 4.90 Å². The van der Waals surface area contributed by atoms with Crippen LogP contribution in [0.4, 0.5) is 0 Å². The second kappa shape index (κ2) is 5.80. The Morgan fingerprint density at radius 1 is 1.38 bits per heavy atom. The molecule has 0 aliphatic carbocycles. The van der Waals surface area contributed by atoms with Crippen LogP contribution in [0.1, 0.15) is 45.8 Å². The number of hydrogen-bond donors (Lipinski definition) is 1. The van der Waals surface area contributed by atoms with Gasteiger partial charge in [0.2, 0.25) is 0 Å². The molecule has 2 atom stereocenters. The number of hydrogen-bond acceptors (Lipinski definition) is 3. The molecule has 0 bridgehead atoms. The van der Waals surface area contributed by atoms with Crippen LogP contribution < -0.4 is 0 Å². The zero-order chi connectivity index (χ0) is 12.2. The van der Waals surface area contributed by atoms with Gasteiger partial charge in [-0.1, -0.05) is 20.8 Å². The molecule has 2 nitrogen and oxygen atoms in total. The summed E-state index contributed by atoms with van der Waals surface area (Å²) >= 11 is 1.64. The lowest BCUT2D eigenvalue weighted by Crippen LogP contribution is -2.50. The Bertz CT molecular complexity index is 295. The van der Waals surface area contributed by atoms with Crippen molar-refractivity contribution in [2.75, 3.05) is 13.1 Å². The summed E-state index contributed by atoms with van der Waals surface area (Å²) in [5.74, 6) is 0. The molecule has 1 heterocycles. The van der Waals surface area contributed by atoms with Crippen LogP contribution in [-0.4, -0.2) is 28.6 Å². The highest BCUT2D eigenvalue weighted by Crippen LogP contribution is 2.34. The van der Waals surface area contributed by atoms with Crippen molar-refractivity contribution in [2.24, 2.45) is 0 Å². The van der Waals surface area contributed by atoms with Crippen molar-refractivity contribution in [3.63, 3.8) is 0 Å². The number of aliphatic hydroxyl groups excluding tert-OH is 1. The van der Waals surface area contributed by atoms with Gasteiger partial charge in [-0.25, -0.2) is 0 Å². The van der Waals surface area contributed by atoms with Crippen LogP contribution in [0.2, 0.25) is 0 Å². The Hall–Kier alpha value is -0.380. The van der Waals surface area contributed by atoms with Gasteiger partial charge in [0.05, 0.1) is 6.10 Å².